The van der Waals surface area contributed by atoms with Gasteiger partial charge in [-0.2, -0.15) is 8.42 Å². The third-order valence-corrected chi connectivity index (χ3v) is 15.8. The molecule has 9 rings (SSSR count). The second-order valence-electron chi connectivity index (χ2n) is 21.3. The normalized spacial score (nSPS) is 20.2. The van der Waals surface area contributed by atoms with Crippen LogP contribution < -0.4 is 14.5 Å². The van der Waals surface area contributed by atoms with Crippen molar-refractivity contribution in [2.75, 3.05) is 88.0 Å². The summed E-state index contributed by atoms with van der Waals surface area (Å²) in [6, 6.07) is 7.59. The molecule has 0 fully saturated rings. The molecular weight excluding hydrogens is 970 g/mol. The van der Waals surface area contributed by atoms with Gasteiger partial charge >= 0.3 is 5.97 Å². The van der Waals surface area contributed by atoms with Crippen LogP contribution in [0.2, 0.25) is 10.0 Å². The Morgan fingerprint density at radius 1 is 0.761 bits per heavy atom. The van der Waals surface area contributed by atoms with Crippen LogP contribution in [0.1, 0.15) is 130 Å². The summed E-state index contributed by atoms with van der Waals surface area (Å²) in [6.45, 7) is 20.3. The molecule has 1 spiro atoms. The molecule has 0 saturated heterocycles. The Kier molecular flexibility index (Phi) is 14.3. The standard InChI is InChI=1S/C54H67Cl2N3O11S/c1-9-33-30-52(5,6)57-17-10-12-35-46(57)37(33)28-39-48(35)69-49-36-13-11-18-58-47(36)38(34(31-53(58,7)8)32-71(62,63)64)29-40(49)54(39)45-42(56)15-14-41(55)44(45)50(61)59(54)19-21-66-23-25-68-27-26-67-24-22-65-20-16-43(60)70-51(2,3)4/h14-15,28-31H,9-13,16-27,32H2,1-8H3,(H,62,63,64). The maximum Gasteiger partial charge on any atom is 0.308 e. The zero-order valence-corrected chi connectivity index (χ0v) is 44.6. The number of hydrogen-bond acceptors (Lipinski definition) is 12. The fourth-order valence-electron chi connectivity index (χ4n) is 11.8. The fraction of sp³-hybridized carbons (Fsp3) is 0.556. The maximum absolute atomic E-state index is 15.5. The average molecular weight is 1040 g/mol. The summed E-state index contributed by atoms with van der Waals surface area (Å²) >= 11 is 14.6. The predicted octanol–water partition coefficient (Wildman–Crippen LogP) is 9.80. The molecule has 0 aliphatic carbocycles. The topological polar surface area (TPSA) is 154 Å². The van der Waals surface area contributed by atoms with Crippen LogP contribution in [0.4, 0.5) is 11.4 Å². The Labute approximate surface area is 428 Å². The molecule has 71 heavy (non-hydrogen) atoms. The molecule has 1 unspecified atom stereocenters. The highest BCUT2D eigenvalue weighted by atomic mass is 35.5. The van der Waals surface area contributed by atoms with Gasteiger partial charge in [-0.3, -0.25) is 14.1 Å². The lowest BCUT2D eigenvalue weighted by Crippen LogP contribution is -2.51. The van der Waals surface area contributed by atoms with E-state index in [1.165, 1.54) is 5.57 Å². The molecule has 0 bridgehead atoms. The molecule has 17 heteroatoms. The summed E-state index contributed by atoms with van der Waals surface area (Å²) in [4.78, 5) is 34.0. The molecule has 1 amide bonds. The van der Waals surface area contributed by atoms with Crippen molar-refractivity contribution in [3.8, 4) is 11.5 Å². The quantitative estimate of drug-likeness (QED) is 0.0732. The van der Waals surface area contributed by atoms with E-state index in [1.807, 2.05) is 37.8 Å². The number of nitrogens with zero attached hydrogens (tertiary/aromatic N) is 3. The van der Waals surface area contributed by atoms with E-state index >= 15 is 4.79 Å². The zero-order chi connectivity index (χ0) is 50.8. The van der Waals surface area contributed by atoms with Gasteiger partial charge in [0.25, 0.3) is 16.0 Å². The lowest BCUT2D eigenvalue weighted by Gasteiger charge is -2.52. The number of halogens is 2. The highest BCUT2D eigenvalue weighted by Crippen LogP contribution is 2.65. The second kappa shape index (κ2) is 19.6. The van der Waals surface area contributed by atoms with Crippen LogP contribution in [0.25, 0.3) is 11.1 Å². The van der Waals surface area contributed by atoms with Gasteiger partial charge in [-0.1, -0.05) is 42.3 Å². The van der Waals surface area contributed by atoms with Crippen LogP contribution >= 0.6 is 23.2 Å². The number of benzene rings is 3. The zero-order valence-electron chi connectivity index (χ0n) is 42.2. The molecular formula is C54H67Cl2N3O11S. The number of fused-ring (bicyclic) bond motifs is 8. The Balaban J connectivity index is 1.07. The number of rotatable bonds is 18. The van der Waals surface area contributed by atoms with E-state index in [0.717, 1.165) is 72.4 Å². The Morgan fingerprint density at radius 2 is 1.25 bits per heavy atom. The van der Waals surface area contributed by atoms with Crippen LogP contribution in [0.15, 0.2) is 36.4 Å². The first-order valence-electron chi connectivity index (χ1n) is 25.0. The first-order valence-corrected chi connectivity index (χ1v) is 27.3. The summed E-state index contributed by atoms with van der Waals surface area (Å²) in [7, 11) is -4.47. The number of allylic oxidation sites excluding steroid dienone is 1. The number of anilines is 2. The number of carbonyl (C=O) groups excluding carboxylic acids is 2. The van der Waals surface area contributed by atoms with Crippen LogP contribution in [0.5, 0.6) is 11.5 Å². The van der Waals surface area contributed by atoms with Gasteiger partial charge in [0.1, 0.15) is 28.4 Å². The minimum Gasteiger partial charge on any atom is -0.460 e. The molecule has 0 aromatic heterocycles. The van der Waals surface area contributed by atoms with Crippen molar-refractivity contribution in [2.45, 2.75) is 116 Å². The predicted molar refractivity (Wildman–Crippen MR) is 276 cm³/mol. The maximum atomic E-state index is 15.5. The highest BCUT2D eigenvalue weighted by Gasteiger charge is 2.60. The lowest BCUT2D eigenvalue weighted by molar-refractivity contribution is -0.156. The number of esters is 1. The van der Waals surface area contributed by atoms with Gasteiger partial charge < -0.3 is 43.1 Å². The SMILES string of the molecule is CCC1=CC(C)(C)N2CCCc3c4c(cc1c32)C1(c2cc3c5c(c2O4)CCCN5C(C)(C)C=C3CS(=O)(=O)O)c2c(Cl)ccc(Cl)c2C(=O)N1CCOCCOCCOCCOCCC(=O)OC(C)(C)C. The van der Waals surface area contributed by atoms with Crippen molar-refractivity contribution in [3.63, 3.8) is 0 Å². The average Bonchev–Trinajstić information content (AvgIpc) is 3.55. The second-order valence-corrected chi connectivity index (χ2v) is 23.6. The van der Waals surface area contributed by atoms with Gasteiger partial charge in [0.2, 0.25) is 0 Å². The van der Waals surface area contributed by atoms with E-state index in [1.54, 1.807) is 12.1 Å². The van der Waals surface area contributed by atoms with Crippen LogP contribution in [0.3, 0.4) is 0 Å². The minimum atomic E-state index is -4.47. The number of ether oxygens (including phenoxy) is 6. The van der Waals surface area contributed by atoms with Crippen LogP contribution in [0, 0.1) is 0 Å². The number of carbonyl (C=O) groups is 2. The van der Waals surface area contributed by atoms with Gasteiger partial charge in [-0.25, -0.2) is 0 Å². The summed E-state index contributed by atoms with van der Waals surface area (Å²) in [5.41, 5.74) is 6.83. The summed E-state index contributed by atoms with van der Waals surface area (Å²) in [5.74, 6) is 0.0937. The van der Waals surface area contributed by atoms with E-state index < -0.39 is 32.5 Å². The summed E-state index contributed by atoms with van der Waals surface area (Å²) in [6.07, 6.45) is 8.33. The van der Waals surface area contributed by atoms with E-state index in [0.29, 0.717) is 71.6 Å². The molecule has 6 aliphatic rings. The third-order valence-electron chi connectivity index (χ3n) is 14.5. The van der Waals surface area contributed by atoms with Crippen LogP contribution in [-0.4, -0.2) is 125 Å². The Morgan fingerprint density at radius 3 is 1.77 bits per heavy atom. The molecule has 6 aliphatic heterocycles. The van der Waals surface area contributed by atoms with E-state index in [2.05, 4.69) is 56.6 Å². The van der Waals surface area contributed by atoms with Gasteiger partial charge in [0.05, 0.1) is 92.3 Å². The Hall–Kier alpha value is -4.19. The van der Waals surface area contributed by atoms with Crippen molar-refractivity contribution < 1.29 is 51.0 Å². The molecule has 0 saturated carbocycles. The first-order chi connectivity index (χ1) is 33.6. The van der Waals surface area contributed by atoms with Gasteiger partial charge in [-0.15, -0.1) is 0 Å². The molecule has 6 heterocycles. The van der Waals surface area contributed by atoms with Crippen molar-refractivity contribution in [2.24, 2.45) is 0 Å². The van der Waals surface area contributed by atoms with Crippen molar-refractivity contribution in [1.29, 1.82) is 0 Å². The van der Waals surface area contributed by atoms with Crippen molar-refractivity contribution in [1.82, 2.24) is 4.90 Å². The van der Waals surface area contributed by atoms with Gasteiger partial charge in [-0.05, 0) is 116 Å². The van der Waals surface area contributed by atoms with Gasteiger partial charge in [0.15, 0.2) is 0 Å². The highest BCUT2D eigenvalue weighted by molar-refractivity contribution is 7.86. The fourth-order valence-corrected chi connectivity index (χ4v) is 13.0. The molecule has 14 nitrogen and oxygen atoms in total. The molecule has 0 radical (unpaired) electrons. The molecule has 1 N–H and O–H groups in total. The number of hydrogen-bond donors (Lipinski definition) is 1. The van der Waals surface area contributed by atoms with E-state index in [9.17, 15) is 17.8 Å². The summed E-state index contributed by atoms with van der Waals surface area (Å²) < 4.78 is 72.2. The van der Waals surface area contributed by atoms with Gasteiger partial charge in [0, 0.05) is 63.6 Å². The monoisotopic (exact) mass is 1040 g/mol. The first kappa shape index (κ1) is 51.7. The Bertz CT molecular complexity index is 2820. The summed E-state index contributed by atoms with van der Waals surface area (Å²) in [5, 5.41) is 0.612. The van der Waals surface area contributed by atoms with Crippen molar-refractivity contribution in [3.05, 3.63) is 91.0 Å². The minimum absolute atomic E-state index is 0.122. The lowest BCUT2D eigenvalue weighted by atomic mass is 9.69. The third kappa shape index (κ3) is 9.52. The molecule has 1 atom stereocenters. The molecule has 384 valence electrons. The molecule has 3 aromatic carbocycles. The van der Waals surface area contributed by atoms with Crippen molar-refractivity contribution >= 4 is 67.7 Å². The van der Waals surface area contributed by atoms with E-state index in [4.69, 9.17) is 51.6 Å². The largest absolute Gasteiger partial charge is 0.460 e. The molecule has 3 aromatic rings. The smallest absolute Gasteiger partial charge is 0.308 e. The number of amides is 1. The van der Waals surface area contributed by atoms with Crippen LogP contribution in [-0.2, 0) is 57.0 Å². The van der Waals surface area contributed by atoms with E-state index in [-0.39, 0.29) is 67.4 Å².